The van der Waals surface area contributed by atoms with E-state index in [9.17, 15) is 5.11 Å². The minimum Gasteiger partial charge on any atom is -0.391 e. The summed E-state index contributed by atoms with van der Waals surface area (Å²) in [5.74, 6) is 0.561. The molecule has 0 radical (unpaired) electrons. The van der Waals surface area contributed by atoms with Gasteiger partial charge in [-0.1, -0.05) is 11.6 Å². The van der Waals surface area contributed by atoms with Crippen LogP contribution < -0.4 is 5.32 Å². The maximum atomic E-state index is 9.62. The summed E-state index contributed by atoms with van der Waals surface area (Å²) in [4.78, 5) is 7.72. The largest absolute Gasteiger partial charge is 0.391 e. The summed E-state index contributed by atoms with van der Waals surface area (Å²) in [5.41, 5.74) is 0. The minimum atomic E-state index is -0.322. The molecule has 1 aromatic rings. The predicted octanol–water partition coefficient (Wildman–Crippen LogP) is 2.11. The Kier molecular flexibility index (Phi) is 3.29. The Morgan fingerprint density at radius 2 is 2.13 bits per heavy atom. The van der Waals surface area contributed by atoms with Gasteiger partial charge in [-0.2, -0.15) is 0 Å². The molecular formula is C9H11Cl2N3O. The third-order valence-electron chi connectivity index (χ3n) is 2.48. The fourth-order valence-corrected chi connectivity index (χ4v) is 2.17. The third kappa shape index (κ3) is 2.71. The van der Waals surface area contributed by atoms with Crippen molar-refractivity contribution in [2.45, 2.75) is 31.4 Å². The highest BCUT2D eigenvalue weighted by molar-refractivity contribution is 6.32. The van der Waals surface area contributed by atoms with E-state index in [4.69, 9.17) is 23.2 Å². The Balaban J connectivity index is 2.10. The van der Waals surface area contributed by atoms with Crippen LogP contribution in [0.4, 0.5) is 5.82 Å². The van der Waals surface area contributed by atoms with Gasteiger partial charge in [-0.05, 0) is 30.9 Å². The summed E-state index contributed by atoms with van der Waals surface area (Å²) >= 11 is 11.4. The van der Waals surface area contributed by atoms with Crippen molar-refractivity contribution in [2.75, 3.05) is 5.32 Å². The predicted molar refractivity (Wildman–Crippen MR) is 59.3 cm³/mol. The molecule has 2 N–H and O–H groups in total. The van der Waals surface area contributed by atoms with Gasteiger partial charge < -0.3 is 10.4 Å². The second kappa shape index (κ2) is 4.51. The number of anilines is 1. The van der Waals surface area contributed by atoms with Crippen molar-refractivity contribution in [1.29, 1.82) is 0 Å². The zero-order chi connectivity index (χ0) is 10.8. The molecule has 1 aliphatic carbocycles. The highest BCUT2D eigenvalue weighted by Gasteiger charge is 2.25. The number of nitrogens with one attached hydrogen (secondary N) is 1. The summed E-state index contributed by atoms with van der Waals surface area (Å²) in [6.07, 6.45) is 2.45. The number of aliphatic hydroxyl groups is 1. The number of halogens is 2. The Morgan fingerprint density at radius 3 is 2.73 bits per heavy atom. The lowest BCUT2D eigenvalue weighted by Crippen LogP contribution is -2.28. The van der Waals surface area contributed by atoms with E-state index in [-0.39, 0.29) is 17.4 Å². The Labute approximate surface area is 97.6 Å². The molecule has 0 aliphatic heterocycles. The molecule has 4 nitrogen and oxygen atoms in total. The van der Waals surface area contributed by atoms with Crippen LogP contribution in [0.15, 0.2) is 6.07 Å². The highest BCUT2D eigenvalue weighted by Crippen LogP contribution is 2.23. The van der Waals surface area contributed by atoms with Gasteiger partial charge in [0.15, 0.2) is 0 Å². The normalized spacial score (nSPS) is 25.5. The van der Waals surface area contributed by atoms with Crippen molar-refractivity contribution < 1.29 is 5.11 Å². The maximum Gasteiger partial charge on any atom is 0.225 e. The van der Waals surface area contributed by atoms with Gasteiger partial charge in [0.2, 0.25) is 5.28 Å². The summed E-state index contributed by atoms with van der Waals surface area (Å²) in [5, 5.41) is 13.1. The fourth-order valence-electron chi connectivity index (χ4n) is 1.76. The van der Waals surface area contributed by atoms with Crippen LogP contribution in [-0.2, 0) is 0 Å². The molecule has 1 saturated carbocycles. The van der Waals surface area contributed by atoms with E-state index in [2.05, 4.69) is 15.3 Å². The van der Waals surface area contributed by atoms with Gasteiger partial charge in [0.1, 0.15) is 11.0 Å². The first kappa shape index (κ1) is 10.9. The van der Waals surface area contributed by atoms with Crippen molar-refractivity contribution in [2.24, 2.45) is 0 Å². The smallest absolute Gasteiger partial charge is 0.225 e. The van der Waals surface area contributed by atoms with Gasteiger partial charge in [0.25, 0.3) is 0 Å². The van der Waals surface area contributed by atoms with Gasteiger partial charge in [-0.3, -0.25) is 0 Å². The van der Waals surface area contributed by atoms with Crippen LogP contribution in [0.3, 0.4) is 0 Å². The van der Waals surface area contributed by atoms with Crippen LogP contribution in [0.5, 0.6) is 0 Å². The molecule has 1 fully saturated rings. The Hall–Kier alpha value is -0.580. The molecule has 0 saturated heterocycles. The Bertz CT molecular complexity index is 341. The monoisotopic (exact) mass is 247 g/mol. The van der Waals surface area contributed by atoms with Gasteiger partial charge >= 0.3 is 0 Å². The average molecular weight is 248 g/mol. The van der Waals surface area contributed by atoms with Crippen LogP contribution in [0.1, 0.15) is 19.3 Å². The molecular weight excluding hydrogens is 237 g/mol. The fraction of sp³-hybridized carbons (Fsp3) is 0.556. The minimum absolute atomic E-state index is 0.0343. The van der Waals surface area contributed by atoms with Gasteiger partial charge in [-0.15, -0.1) is 0 Å². The van der Waals surface area contributed by atoms with E-state index in [0.717, 1.165) is 19.3 Å². The third-order valence-corrected chi connectivity index (χ3v) is 2.84. The molecule has 1 heterocycles. The SMILES string of the molecule is OC1CCCC1Nc1cc(Cl)nc(Cl)n1. The molecule has 1 aliphatic rings. The molecule has 0 amide bonds. The molecule has 0 bridgehead atoms. The molecule has 15 heavy (non-hydrogen) atoms. The number of aliphatic hydroxyl groups excluding tert-OH is 1. The number of rotatable bonds is 2. The van der Waals surface area contributed by atoms with Crippen LogP contribution in [0.25, 0.3) is 0 Å². The molecule has 2 unspecified atom stereocenters. The zero-order valence-electron chi connectivity index (χ0n) is 7.95. The average Bonchev–Trinajstić information content (AvgIpc) is 2.50. The van der Waals surface area contributed by atoms with Gasteiger partial charge in [0.05, 0.1) is 12.1 Å². The number of aromatic nitrogens is 2. The van der Waals surface area contributed by atoms with E-state index in [1.165, 1.54) is 0 Å². The number of hydrogen-bond donors (Lipinski definition) is 2. The van der Waals surface area contributed by atoms with Crippen molar-refractivity contribution >= 4 is 29.0 Å². The number of nitrogens with zero attached hydrogens (tertiary/aromatic N) is 2. The van der Waals surface area contributed by atoms with Crippen LogP contribution in [0, 0.1) is 0 Å². The van der Waals surface area contributed by atoms with Gasteiger partial charge in [-0.25, -0.2) is 9.97 Å². The first-order chi connectivity index (χ1) is 7.15. The van der Waals surface area contributed by atoms with E-state index in [1.807, 2.05) is 0 Å². The standard InChI is InChI=1S/C9H11Cl2N3O/c10-7-4-8(14-9(11)13-7)12-5-2-1-3-6(5)15/h4-6,15H,1-3H2,(H,12,13,14). The van der Waals surface area contributed by atoms with Crippen molar-refractivity contribution in [1.82, 2.24) is 9.97 Å². The molecule has 0 spiro atoms. The summed E-state index contributed by atoms with van der Waals surface area (Å²) < 4.78 is 0. The lowest BCUT2D eigenvalue weighted by Gasteiger charge is -2.16. The lowest BCUT2D eigenvalue weighted by molar-refractivity contribution is 0.171. The number of hydrogen-bond acceptors (Lipinski definition) is 4. The molecule has 2 rings (SSSR count). The molecule has 2 atom stereocenters. The first-order valence-corrected chi connectivity index (χ1v) is 5.55. The lowest BCUT2D eigenvalue weighted by atomic mass is 10.2. The summed E-state index contributed by atoms with van der Waals surface area (Å²) in [6, 6.07) is 1.63. The van der Waals surface area contributed by atoms with Gasteiger partial charge in [0, 0.05) is 6.07 Å². The maximum absolute atomic E-state index is 9.62. The second-order valence-corrected chi connectivity index (χ2v) is 4.32. The van der Waals surface area contributed by atoms with E-state index < -0.39 is 0 Å². The van der Waals surface area contributed by atoms with Crippen LogP contribution >= 0.6 is 23.2 Å². The topological polar surface area (TPSA) is 58.0 Å². The van der Waals surface area contributed by atoms with Crippen LogP contribution in [-0.4, -0.2) is 27.2 Å². The first-order valence-electron chi connectivity index (χ1n) is 4.80. The second-order valence-electron chi connectivity index (χ2n) is 3.59. The van der Waals surface area contributed by atoms with Crippen molar-refractivity contribution in [3.8, 4) is 0 Å². The molecule has 82 valence electrons. The van der Waals surface area contributed by atoms with Crippen molar-refractivity contribution in [3.05, 3.63) is 16.5 Å². The molecule has 6 heteroatoms. The van der Waals surface area contributed by atoms with E-state index in [0.29, 0.717) is 11.0 Å². The Morgan fingerprint density at radius 1 is 1.33 bits per heavy atom. The van der Waals surface area contributed by atoms with Crippen molar-refractivity contribution in [3.63, 3.8) is 0 Å². The van der Waals surface area contributed by atoms with E-state index in [1.54, 1.807) is 6.07 Å². The molecule has 1 aromatic heterocycles. The quantitative estimate of drug-likeness (QED) is 0.621. The zero-order valence-corrected chi connectivity index (χ0v) is 9.46. The highest BCUT2D eigenvalue weighted by atomic mass is 35.5. The summed E-state index contributed by atoms with van der Waals surface area (Å²) in [6.45, 7) is 0. The summed E-state index contributed by atoms with van der Waals surface area (Å²) in [7, 11) is 0. The van der Waals surface area contributed by atoms with Crippen LogP contribution in [0.2, 0.25) is 10.4 Å². The molecule has 0 aromatic carbocycles. The van der Waals surface area contributed by atoms with E-state index >= 15 is 0 Å².